The first-order valence-electron chi connectivity index (χ1n) is 5.83. The predicted octanol–water partition coefficient (Wildman–Crippen LogP) is 3.33. The molecule has 0 bridgehead atoms. The number of benzene rings is 1. The van der Waals surface area contributed by atoms with E-state index < -0.39 is 4.92 Å². The van der Waals surface area contributed by atoms with E-state index in [9.17, 15) is 14.9 Å². The zero-order valence-electron chi connectivity index (χ0n) is 10.7. The minimum atomic E-state index is -0.445. The van der Waals surface area contributed by atoms with Crippen LogP contribution >= 0.6 is 11.3 Å². The zero-order chi connectivity index (χ0) is 14.5. The molecule has 0 fully saturated rings. The summed E-state index contributed by atoms with van der Waals surface area (Å²) in [6.07, 6.45) is 2.99. The van der Waals surface area contributed by atoms with Crippen LogP contribution in [0.15, 0.2) is 48.5 Å². The number of rotatable bonds is 4. The summed E-state index contributed by atoms with van der Waals surface area (Å²) >= 11 is 1.03. The second kappa shape index (κ2) is 6.12. The van der Waals surface area contributed by atoms with Gasteiger partial charge in [-0.05, 0) is 24.3 Å². The van der Waals surface area contributed by atoms with Crippen LogP contribution in [0.25, 0.3) is 6.08 Å². The van der Waals surface area contributed by atoms with Gasteiger partial charge in [-0.1, -0.05) is 29.5 Å². The van der Waals surface area contributed by atoms with Crippen molar-refractivity contribution in [3.63, 3.8) is 0 Å². The fourth-order valence-corrected chi connectivity index (χ4v) is 2.30. The van der Waals surface area contributed by atoms with Gasteiger partial charge in [0.1, 0.15) is 0 Å². The van der Waals surface area contributed by atoms with Gasteiger partial charge < -0.3 is 4.90 Å². The SMILES string of the molecule is CN(C(=O)/C=C/c1ccc([N+](=O)[O-])s1)c1ccccc1. The fraction of sp³-hybridized carbons (Fsp3) is 0.0714. The summed E-state index contributed by atoms with van der Waals surface area (Å²) < 4.78 is 0. The van der Waals surface area contributed by atoms with Crippen LogP contribution in [0.5, 0.6) is 0 Å². The Morgan fingerprint density at radius 1 is 1.25 bits per heavy atom. The van der Waals surface area contributed by atoms with Crippen LogP contribution in [-0.4, -0.2) is 17.9 Å². The molecule has 1 amide bonds. The average Bonchev–Trinajstić information content (AvgIpc) is 2.94. The van der Waals surface area contributed by atoms with Gasteiger partial charge in [0, 0.05) is 29.8 Å². The molecular weight excluding hydrogens is 276 g/mol. The standard InChI is InChI=1S/C14H12N2O3S/c1-15(11-5-3-2-4-6-11)13(17)9-7-12-8-10-14(20-12)16(18)19/h2-10H,1H3/b9-7+. The van der Waals surface area contributed by atoms with Crippen LogP contribution in [0.1, 0.15) is 4.88 Å². The van der Waals surface area contributed by atoms with Gasteiger partial charge in [-0.25, -0.2) is 0 Å². The van der Waals surface area contributed by atoms with Crippen LogP contribution in [0.3, 0.4) is 0 Å². The summed E-state index contributed by atoms with van der Waals surface area (Å²) in [7, 11) is 1.68. The molecule has 0 aliphatic rings. The third-order valence-electron chi connectivity index (χ3n) is 2.66. The lowest BCUT2D eigenvalue weighted by atomic mass is 10.3. The van der Waals surface area contributed by atoms with Crippen molar-refractivity contribution in [2.45, 2.75) is 0 Å². The number of thiophene rings is 1. The fourth-order valence-electron chi connectivity index (χ4n) is 1.57. The van der Waals surface area contributed by atoms with Crippen molar-refractivity contribution < 1.29 is 9.72 Å². The van der Waals surface area contributed by atoms with Crippen LogP contribution < -0.4 is 4.90 Å². The molecule has 1 aromatic carbocycles. The van der Waals surface area contributed by atoms with Gasteiger partial charge >= 0.3 is 5.00 Å². The number of anilines is 1. The van der Waals surface area contributed by atoms with Crippen molar-refractivity contribution >= 4 is 34.0 Å². The van der Waals surface area contributed by atoms with Crippen LogP contribution in [0.4, 0.5) is 10.7 Å². The van der Waals surface area contributed by atoms with E-state index in [1.54, 1.807) is 19.2 Å². The first-order chi connectivity index (χ1) is 9.58. The molecule has 0 atom stereocenters. The van der Waals surface area contributed by atoms with Crippen LogP contribution in [0.2, 0.25) is 0 Å². The van der Waals surface area contributed by atoms with E-state index in [0.29, 0.717) is 4.88 Å². The molecule has 0 aliphatic carbocycles. The monoisotopic (exact) mass is 288 g/mol. The van der Waals surface area contributed by atoms with Crippen LogP contribution in [0, 0.1) is 10.1 Å². The number of carbonyl (C=O) groups excluding carboxylic acids is 1. The molecule has 2 rings (SSSR count). The Hall–Kier alpha value is -2.47. The minimum Gasteiger partial charge on any atom is -0.312 e. The molecule has 0 saturated carbocycles. The smallest absolute Gasteiger partial charge is 0.312 e. The maximum absolute atomic E-state index is 12.0. The highest BCUT2D eigenvalue weighted by molar-refractivity contribution is 7.16. The zero-order valence-corrected chi connectivity index (χ0v) is 11.5. The van der Waals surface area contributed by atoms with Gasteiger partial charge in [0.25, 0.3) is 5.91 Å². The van der Waals surface area contributed by atoms with Gasteiger partial charge in [-0.3, -0.25) is 14.9 Å². The summed E-state index contributed by atoms with van der Waals surface area (Å²) in [6, 6.07) is 12.3. The third kappa shape index (κ3) is 3.30. The molecule has 0 aliphatic heterocycles. The van der Waals surface area contributed by atoms with Crippen molar-refractivity contribution in [3.8, 4) is 0 Å². The van der Waals surface area contributed by atoms with E-state index in [-0.39, 0.29) is 10.9 Å². The first-order valence-corrected chi connectivity index (χ1v) is 6.64. The molecule has 5 nitrogen and oxygen atoms in total. The number of carbonyl (C=O) groups is 1. The van der Waals surface area contributed by atoms with E-state index in [1.807, 2.05) is 30.3 Å². The molecule has 0 unspecified atom stereocenters. The van der Waals surface area contributed by atoms with Gasteiger partial charge in [0.2, 0.25) is 0 Å². The minimum absolute atomic E-state index is 0.0634. The highest BCUT2D eigenvalue weighted by Gasteiger charge is 2.09. The van der Waals surface area contributed by atoms with Gasteiger partial charge in [0.15, 0.2) is 0 Å². The summed E-state index contributed by atoms with van der Waals surface area (Å²) in [4.78, 5) is 24.3. The number of amides is 1. The van der Waals surface area contributed by atoms with E-state index in [0.717, 1.165) is 17.0 Å². The summed E-state index contributed by atoms with van der Waals surface area (Å²) in [5.74, 6) is -0.188. The van der Waals surface area contributed by atoms with Gasteiger partial charge in [-0.2, -0.15) is 0 Å². The highest BCUT2D eigenvalue weighted by atomic mass is 32.1. The largest absolute Gasteiger partial charge is 0.324 e. The predicted molar refractivity (Wildman–Crippen MR) is 79.9 cm³/mol. The number of hydrogen-bond acceptors (Lipinski definition) is 4. The molecule has 6 heteroatoms. The lowest BCUT2D eigenvalue weighted by Gasteiger charge is -2.14. The molecular formula is C14H12N2O3S. The molecule has 0 spiro atoms. The Labute approximate surface area is 119 Å². The van der Waals surface area contributed by atoms with E-state index in [1.165, 1.54) is 17.0 Å². The Morgan fingerprint density at radius 2 is 1.95 bits per heavy atom. The average molecular weight is 288 g/mol. The number of nitro groups is 1. The molecule has 20 heavy (non-hydrogen) atoms. The number of para-hydroxylation sites is 1. The Balaban J connectivity index is 2.07. The normalized spacial score (nSPS) is 10.7. The highest BCUT2D eigenvalue weighted by Crippen LogP contribution is 2.25. The number of nitrogens with zero attached hydrogens (tertiary/aromatic N) is 2. The van der Waals surface area contributed by atoms with E-state index in [4.69, 9.17) is 0 Å². The van der Waals surface area contributed by atoms with Crippen molar-refractivity contribution in [1.82, 2.24) is 0 Å². The van der Waals surface area contributed by atoms with Crippen molar-refractivity contribution in [1.29, 1.82) is 0 Å². The molecule has 102 valence electrons. The maximum atomic E-state index is 12.0. The Kier molecular flexibility index (Phi) is 4.27. The molecule has 0 radical (unpaired) electrons. The maximum Gasteiger partial charge on any atom is 0.324 e. The number of hydrogen-bond donors (Lipinski definition) is 0. The van der Waals surface area contributed by atoms with E-state index >= 15 is 0 Å². The van der Waals surface area contributed by atoms with Crippen molar-refractivity contribution in [3.05, 3.63) is 63.5 Å². The Bertz CT molecular complexity index is 649. The van der Waals surface area contributed by atoms with Crippen LogP contribution in [-0.2, 0) is 4.79 Å². The van der Waals surface area contributed by atoms with Gasteiger partial charge in [0.05, 0.1) is 4.92 Å². The molecule has 1 heterocycles. The second-order valence-electron chi connectivity index (χ2n) is 4.00. The summed E-state index contributed by atoms with van der Waals surface area (Å²) in [6.45, 7) is 0. The number of likely N-dealkylation sites (N-methyl/N-ethyl adjacent to an activating group) is 1. The topological polar surface area (TPSA) is 63.5 Å². The quantitative estimate of drug-likeness (QED) is 0.492. The lowest BCUT2D eigenvalue weighted by Crippen LogP contribution is -2.23. The van der Waals surface area contributed by atoms with E-state index in [2.05, 4.69) is 0 Å². The molecule has 0 saturated heterocycles. The molecule has 1 aromatic heterocycles. The molecule has 2 aromatic rings. The third-order valence-corrected chi connectivity index (χ3v) is 3.66. The second-order valence-corrected chi connectivity index (χ2v) is 5.09. The Morgan fingerprint density at radius 3 is 2.55 bits per heavy atom. The lowest BCUT2D eigenvalue weighted by molar-refractivity contribution is -0.380. The van der Waals surface area contributed by atoms with Gasteiger partial charge in [-0.15, -0.1) is 0 Å². The van der Waals surface area contributed by atoms with Crippen molar-refractivity contribution in [2.75, 3.05) is 11.9 Å². The van der Waals surface area contributed by atoms with Crippen molar-refractivity contribution in [2.24, 2.45) is 0 Å². The molecule has 0 N–H and O–H groups in total. The summed E-state index contributed by atoms with van der Waals surface area (Å²) in [5.41, 5.74) is 0.791. The first kappa shape index (κ1) is 14.0. The summed E-state index contributed by atoms with van der Waals surface area (Å²) in [5, 5.41) is 10.6.